The first-order chi connectivity index (χ1) is 10.3. The van der Waals surface area contributed by atoms with Gasteiger partial charge in [0.05, 0.1) is 12.8 Å². The summed E-state index contributed by atoms with van der Waals surface area (Å²) in [4.78, 5) is 6.92. The van der Waals surface area contributed by atoms with E-state index in [2.05, 4.69) is 36.0 Å². The number of nitrogens with zero attached hydrogens (tertiary/aromatic N) is 2. The van der Waals surface area contributed by atoms with E-state index in [1.54, 1.807) is 25.3 Å². The molecule has 2 rings (SSSR count). The molecule has 0 aromatic carbocycles. The molecule has 0 bridgehead atoms. The largest absolute Gasteiger partial charge is 0.466 e. The van der Waals surface area contributed by atoms with E-state index in [1.807, 2.05) is 11.8 Å². The van der Waals surface area contributed by atoms with Crippen LogP contribution in [0.3, 0.4) is 0 Å². The van der Waals surface area contributed by atoms with Crippen molar-refractivity contribution in [3.05, 3.63) is 24.2 Å². The summed E-state index contributed by atoms with van der Waals surface area (Å²) in [6.07, 6.45) is 1.57. The lowest BCUT2D eigenvalue weighted by atomic mass is 10.0. The highest BCUT2D eigenvalue weighted by molar-refractivity contribution is 8.00. The monoisotopic (exact) mass is 325 g/mol. The van der Waals surface area contributed by atoms with Crippen LogP contribution in [-0.2, 0) is 5.60 Å². The smallest absolute Gasteiger partial charge is 0.194 e. The van der Waals surface area contributed by atoms with Gasteiger partial charge in [0, 0.05) is 30.1 Å². The standard InChI is InChI=1S/C16H27N3O2S/c1-5-17-14(19-8-10-22-15(2,3)12-19)18-11-16(4,20)13-7-6-9-21-13/h6-7,9,20H,5,8,10-12H2,1-4H3,(H,17,18). The Kier molecular flexibility index (Phi) is 5.45. The van der Waals surface area contributed by atoms with Gasteiger partial charge in [-0.15, -0.1) is 0 Å². The summed E-state index contributed by atoms with van der Waals surface area (Å²) in [5, 5.41) is 13.9. The fourth-order valence-corrected chi connectivity index (χ4v) is 3.63. The van der Waals surface area contributed by atoms with E-state index in [0.29, 0.717) is 5.76 Å². The molecule has 6 heteroatoms. The molecule has 5 nitrogen and oxygen atoms in total. The SMILES string of the molecule is CCNC(=NCC(C)(O)c1ccco1)N1CCSC(C)(C)C1. The lowest BCUT2D eigenvalue weighted by molar-refractivity contribution is 0.0434. The van der Waals surface area contributed by atoms with Crippen molar-refractivity contribution < 1.29 is 9.52 Å². The number of rotatable bonds is 4. The summed E-state index contributed by atoms with van der Waals surface area (Å²) in [7, 11) is 0. The van der Waals surface area contributed by atoms with E-state index in [9.17, 15) is 5.11 Å². The number of guanidine groups is 1. The summed E-state index contributed by atoms with van der Waals surface area (Å²) in [6.45, 7) is 11.3. The number of hydrogen-bond acceptors (Lipinski definition) is 4. The van der Waals surface area contributed by atoms with Crippen molar-refractivity contribution in [3.63, 3.8) is 0 Å². The van der Waals surface area contributed by atoms with Gasteiger partial charge in [-0.05, 0) is 39.8 Å². The molecule has 0 aliphatic carbocycles. The van der Waals surface area contributed by atoms with Crippen LogP contribution in [-0.4, -0.2) is 52.6 Å². The lowest BCUT2D eigenvalue weighted by Gasteiger charge is -2.39. The van der Waals surface area contributed by atoms with Crippen molar-refractivity contribution >= 4 is 17.7 Å². The predicted molar refractivity (Wildman–Crippen MR) is 92.4 cm³/mol. The third-order valence-corrected chi connectivity index (χ3v) is 4.95. The summed E-state index contributed by atoms with van der Waals surface area (Å²) < 4.78 is 5.53. The quantitative estimate of drug-likeness (QED) is 0.657. The second kappa shape index (κ2) is 6.96. The number of thioether (sulfide) groups is 1. The molecule has 1 aromatic heterocycles. The van der Waals surface area contributed by atoms with E-state index in [1.165, 1.54) is 0 Å². The van der Waals surface area contributed by atoms with Crippen LogP contribution in [0.1, 0.15) is 33.5 Å². The molecule has 1 aliphatic heterocycles. The Bertz CT molecular complexity index is 497. The molecule has 1 aliphatic rings. The van der Waals surface area contributed by atoms with Crippen LogP contribution in [0.4, 0.5) is 0 Å². The molecule has 124 valence electrons. The van der Waals surface area contributed by atoms with Gasteiger partial charge in [-0.25, -0.2) is 4.99 Å². The third-order valence-electron chi connectivity index (χ3n) is 3.65. The number of aliphatic hydroxyl groups is 1. The molecule has 0 spiro atoms. The van der Waals surface area contributed by atoms with Crippen LogP contribution in [0.5, 0.6) is 0 Å². The lowest BCUT2D eigenvalue weighted by Crippen LogP contribution is -2.51. The van der Waals surface area contributed by atoms with Crippen LogP contribution in [0.15, 0.2) is 27.8 Å². The molecule has 2 heterocycles. The summed E-state index contributed by atoms with van der Waals surface area (Å²) in [5.74, 6) is 2.50. The molecule has 0 radical (unpaired) electrons. The Morgan fingerprint density at radius 2 is 2.36 bits per heavy atom. The highest BCUT2D eigenvalue weighted by Gasteiger charge is 2.30. The summed E-state index contributed by atoms with van der Waals surface area (Å²) in [6, 6.07) is 3.56. The number of hydrogen-bond donors (Lipinski definition) is 2. The third kappa shape index (κ3) is 4.43. The maximum Gasteiger partial charge on any atom is 0.194 e. The second-order valence-electron chi connectivity index (χ2n) is 6.45. The van der Waals surface area contributed by atoms with Crippen LogP contribution < -0.4 is 5.32 Å². The molecule has 22 heavy (non-hydrogen) atoms. The average Bonchev–Trinajstić information content (AvgIpc) is 2.97. The maximum atomic E-state index is 10.5. The van der Waals surface area contributed by atoms with Crippen molar-refractivity contribution in [1.29, 1.82) is 0 Å². The molecule has 1 fully saturated rings. The molecule has 0 saturated carbocycles. The first kappa shape index (κ1) is 17.2. The fraction of sp³-hybridized carbons (Fsp3) is 0.688. The second-order valence-corrected chi connectivity index (χ2v) is 8.25. The molecule has 2 N–H and O–H groups in total. The average molecular weight is 325 g/mol. The first-order valence-electron chi connectivity index (χ1n) is 7.78. The van der Waals surface area contributed by atoms with Crippen molar-refractivity contribution in [1.82, 2.24) is 10.2 Å². The van der Waals surface area contributed by atoms with Gasteiger partial charge in [0.15, 0.2) is 5.96 Å². The van der Waals surface area contributed by atoms with E-state index >= 15 is 0 Å². The normalized spacial score (nSPS) is 21.5. The molecular weight excluding hydrogens is 298 g/mol. The van der Waals surface area contributed by atoms with Gasteiger partial charge < -0.3 is 19.7 Å². The van der Waals surface area contributed by atoms with Gasteiger partial charge in [-0.1, -0.05) is 0 Å². The summed E-state index contributed by atoms with van der Waals surface area (Å²) >= 11 is 1.99. The number of nitrogens with one attached hydrogen (secondary N) is 1. The van der Waals surface area contributed by atoms with Crippen molar-refractivity contribution in [2.24, 2.45) is 4.99 Å². The first-order valence-corrected chi connectivity index (χ1v) is 8.76. The highest BCUT2D eigenvalue weighted by atomic mass is 32.2. The van der Waals surface area contributed by atoms with E-state index in [0.717, 1.165) is 31.3 Å². The zero-order valence-corrected chi connectivity index (χ0v) is 14.7. The molecule has 1 saturated heterocycles. The Balaban J connectivity index is 2.10. The van der Waals surface area contributed by atoms with Crippen LogP contribution in [0.2, 0.25) is 0 Å². The molecule has 1 atom stereocenters. The minimum Gasteiger partial charge on any atom is -0.466 e. The highest BCUT2D eigenvalue weighted by Crippen LogP contribution is 2.29. The summed E-state index contributed by atoms with van der Waals surface area (Å²) in [5.41, 5.74) is -1.09. The van der Waals surface area contributed by atoms with Crippen LogP contribution in [0.25, 0.3) is 0 Å². The van der Waals surface area contributed by atoms with E-state index in [4.69, 9.17) is 4.42 Å². The molecular formula is C16H27N3O2S. The molecule has 1 aromatic rings. The molecule has 0 amide bonds. The van der Waals surface area contributed by atoms with Gasteiger partial charge >= 0.3 is 0 Å². The van der Waals surface area contributed by atoms with Crippen molar-refractivity contribution in [3.8, 4) is 0 Å². The Hall–Kier alpha value is -1.14. The zero-order valence-electron chi connectivity index (χ0n) is 13.9. The minimum absolute atomic E-state index is 0.220. The number of aliphatic imine (C=N–C) groups is 1. The van der Waals surface area contributed by atoms with E-state index < -0.39 is 5.60 Å². The predicted octanol–water partition coefficient (Wildman–Crippen LogP) is 2.28. The van der Waals surface area contributed by atoms with Gasteiger partial charge in [0.25, 0.3) is 0 Å². The minimum atomic E-state index is -1.09. The fourth-order valence-electron chi connectivity index (χ4n) is 2.51. The molecule has 1 unspecified atom stereocenters. The van der Waals surface area contributed by atoms with Gasteiger partial charge in [-0.3, -0.25) is 0 Å². The van der Waals surface area contributed by atoms with Gasteiger partial charge in [0.2, 0.25) is 0 Å². The van der Waals surface area contributed by atoms with Gasteiger partial charge in [0.1, 0.15) is 11.4 Å². The van der Waals surface area contributed by atoms with E-state index in [-0.39, 0.29) is 11.3 Å². The van der Waals surface area contributed by atoms with Crippen LogP contribution >= 0.6 is 11.8 Å². The van der Waals surface area contributed by atoms with Crippen LogP contribution in [0, 0.1) is 0 Å². The van der Waals surface area contributed by atoms with Crippen molar-refractivity contribution in [2.45, 2.75) is 38.0 Å². The van der Waals surface area contributed by atoms with Crippen molar-refractivity contribution in [2.75, 3.05) is 31.9 Å². The number of furan rings is 1. The van der Waals surface area contributed by atoms with Gasteiger partial charge in [-0.2, -0.15) is 11.8 Å². The Morgan fingerprint density at radius 3 is 2.95 bits per heavy atom. The maximum absolute atomic E-state index is 10.5. The Morgan fingerprint density at radius 1 is 1.59 bits per heavy atom. The topological polar surface area (TPSA) is 61.0 Å². The zero-order chi connectivity index (χ0) is 16.2. The Labute approximate surface area is 137 Å².